The van der Waals surface area contributed by atoms with Gasteiger partial charge in [0.25, 0.3) is 0 Å². The van der Waals surface area contributed by atoms with E-state index < -0.39 is 5.97 Å². The van der Waals surface area contributed by atoms with Gasteiger partial charge in [0.1, 0.15) is 0 Å². The molecule has 0 saturated heterocycles. The molecule has 0 aliphatic carbocycles. The van der Waals surface area contributed by atoms with Crippen LogP contribution in [0.2, 0.25) is 0 Å². The predicted molar refractivity (Wildman–Crippen MR) is 45.6 cm³/mol. The molecular weight excluding hydrogens is 140 g/mol. The molecule has 0 aromatic rings. The fourth-order valence-corrected chi connectivity index (χ4v) is 1.01. The third kappa shape index (κ3) is 9.47. The molecule has 0 radical (unpaired) electrons. The molecule has 0 aromatic heterocycles. The largest absolute Gasteiger partial charge is 0.481 e. The molecule has 2 nitrogen and oxygen atoms in total. The highest BCUT2D eigenvalue weighted by molar-refractivity contribution is 5.66. The second kappa shape index (κ2) is 6.20. The zero-order valence-electron chi connectivity index (χ0n) is 7.47. The molecule has 66 valence electrons. The van der Waals surface area contributed by atoms with Crippen molar-refractivity contribution in [2.45, 2.75) is 46.0 Å². The molecule has 0 amide bonds. The van der Waals surface area contributed by atoms with Crippen LogP contribution in [0.4, 0.5) is 0 Å². The molecule has 0 aromatic carbocycles. The van der Waals surface area contributed by atoms with Crippen molar-refractivity contribution in [3.63, 3.8) is 0 Å². The van der Waals surface area contributed by atoms with Crippen LogP contribution in [0.1, 0.15) is 46.0 Å². The minimum absolute atomic E-state index is 0.331. The van der Waals surface area contributed by atoms with E-state index in [1.54, 1.807) is 0 Å². The van der Waals surface area contributed by atoms with Gasteiger partial charge < -0.3 is 5.11 Å². The first-order chi connectivity index (χ1) is 5.13. The van der Waals surface area contributed by atoms with E-state index in [4.69, 9.17) is 5.11 Å². The lowest BCUT2D eigenvalue weighted by Gasteiger charge is -2.02. The summed E-state index contributed by atoms with van der Waals surface area (Å²) in [6, 6.07) is 0. The number of carboxylic acid groups (broad SMARTS) is 1. The second-order valence-electron chi connectivity index (χ2n) is 3.39. The van der Waals surface area contributed by atoms with Gasteiger partial charge in [0.05, 0.1) is 0 Å². The number of rotatable bonds is 6. The van der Waals surface area contributed by atoms with E-state index in [0.717, 1.165) is 18.8 Å². The van der Waals surface area contributed by atoms with Crippen LogP contribution in [0.3, 0.4) is 0 Å². The standard InChI is InChI=1S/C9H18O2/c1-8(2)6-4-3-5-7-9(10)11/h8H,3-7H2,1-2H3,(H,10,11). The molecule has 0 heterocycles. The van der Waals surface area contributed by atoms with Crippen molar-refractivity contribution in [2.24, 2.45) is 5.92 Å². The van der Waals surface area contributed by atoms with Gasteiger partial charge in [0.15, 0.2) is 0 Å². The van der Waals surface area contributed by atoms with Crippen LogP contribution >= 0.6 is 0 Å². The van der Waals surface area contributed by atoms with E-state index in [-0.39, 0.29) is 0 Å². The highest BCUT2D eigenvalue weighted by Crippen LogP contribution is 2.08. The van der Waals surface area contributed by atoms with Gasteiger partial charge in [0.2, 0.25) is 0 Å². The van der Waals surface area contributed by atoms with Gasteiger partial charge in [0, 0.05) is 6.42 Å². The van der Waals surface area contributed by atoms with Crippen LogP contribution < -0.4 is 0 Å². The average molecular weight is 158 g/mol. The first-order valence-electron chi connectivity index (χ1n) is 4.34. The molecule has 0 saturated carbocycles. The fraction of sp³-hybridized carbons (Fsp3) is 0.889. The minimum Gasteiger partial charge on any atom is -0.481 e. The first-order valence-corrected chi connectivity index (χ1v) is 4.34. The Morgan fingerprint density at radius 1 is 1.27 bits per heavy atom. The normalized spacial score (nSPS) is 10.5. The first kappa shape index (κ1) is 10.5. The number of aliphatic carboxylic acids is 1. The smallest absolute Gasteiger partial charge is 0.303 e. The zero-order valence-corrected chi connectivity index (χ0v) is 7.47. The summed E-state index contributed by atoms with van der Waals surface area (Å²) in [5.41, 5.74) is 0. The Balaban J connectivity index is 2.97. The molecular formula is C9H18O2. The van der Waals surface area contributed by atoms with Crippen molar-refractivity contribution >= 4 is 5.97 Å². The summed E-state index contributed by atoms with van der Waals surface area (Å²) >= 11 is 0. The molecule has 0 aliphatic rings. The lowest BCUT2D eigenvalue weighted by molar-refractivity contribution is -0.137. The van der Waals surface area contributed by atoms with Crippen LogP contribution in [0.15, 0.2) is 0 Å². The molecule has 0 atom stereocenters. The quantitative estimate of drug-likeness (QED) is 0.603. The van der Waals surface area contributed by atoms with Crippen molar-refractivity contribution in [3.8, 4) is 0 Å². The molecule has 0 rings (SSSR count). The third-order valence-electron chi connectivity index (χ3n) is 1.67. The molecule has 2 heteroatoms. The summed E-state index contributed by atoms with van der Waals surface area (Å²) < 4.78 is 0. The number of carboxylic acids is 1. The number of hydrogen-bond donors (Lipinski definition) is 1. The third-order valence-corrected chi connectivity index (χ3v) is 1.67. The van der Waals surface area contributed by atoms with Crippen LogP contribution in [-0.2, 0) is 4.79 Å². The van der Waals surface area contributed by atoms with E-state index in [9.17, 15) is 4.79 Å². The predicted octanol–water partition coefficient (Wildman–Crippen LogP) is 2.68. The number of hydrogen-bond acceptors (Lipinski definition) is 1. The molecule has 0 bridgehead atoms. The lowest BCUT2D eigenvalue weighted by Crippen LogP contribution is -1.94. The maximum Gasteiger partial charge on any atom is 0.303 e. The van der Waals surface area contributed by atoms with Crippen molar-refractivity contribution in [2.75, 3.05) is 0 Å². The van der Waals surface area contributed by atoms with Crippen LogP contribution in [0, 0.1) is 5.92 Å². The highest BCUT2D eigenvalue weighted by atomic mass is 16.4. The molecule has 0 fully saturated rings. The summed E-state index contributed by atoms with van der Waals surface area (Å²) in [4.78, 5) is 10.1. The van der Waals surface area contributed by atoms with Crippen molar-refractivity contribution in [1.29, 1.82) is 0 Å². The maximum atomic E-state index is 10.1. The Bertz CT molecular complexity index is 108. The Morgan fingerprint density at radius 3 is 2.36 bits per heavy atom. The van der Waals surface area contributed by atoms with Gasteiger partial charge in [-0.15, -0.1) is 0 Å². The number of carbonyl (C=O) groups is 1. The molecule has 0 spiro atoms. The van der Waals surface area contributed by atoms with Crippen LogP contribution in [0.25, 0.3) is 0 Å². The van der Waals surface area contributed by atoms with E-state index in [1.807, 2.05) is 0 Å². The average Bonchev–Trinajstić information content (AvgIpc) is 1.85. The summed E-state index contributed by atoms with van der Waals surface area (Å²) in [6.45, 7) is 4.38. The van der Waals surface area contributed by atoms with Gasteiger partial charge >= 0.3 is 5.97 Å². The van der Waals surface area contributed by atoms with Crippen molar-refractivity contribution in [3.05, 3.63) is 0 Å². The highest BCUT2D eigenvalue weighted by Gasteiger charge is 1.97. The molecule has 0 unspecified atom stereocenters. The zero-order chi connectivity index (χ0) is 8.69. The minimum atomic E-state index is -0.672. The van der Waals surface area contributed by atoms with Crippen molar-refractivity contribution < 1.29 is 9.90 Å². The summed E-state index contributed by atoms with van der Waals surface area (Å²) in [5.74, 6) is 0.0781. The van der Waals surface area contributed by atoms with E-state index in [1.165, 1.54) is 12.8 Å². The molecule has 1 N–H and O–H groups in total. The summed E-state index contributed by atoms with van der Waals surface area (Å²) in [6.07, 6.45) is 4.62. The monoisotopic (exact) mass is 158 g/mol. The van der Waals surface area contributed by atoms with Crippen LogP contribution in [0.5, 0.6) is 0 Å². The van der Waals surface area contributed by atoms with E-state index in [0.29, 0.717) is 6.42 Å². The Hall–Kier alpha value is -0.530. The Kier molecular flexibility index (Phi) is 5.90. The topological polar surface area (TPSA) is 37.3 Å². The summed E-state index contributed by atoms with van der Waals surface area (Å²) in [5, 5.41) is 8.32. The van der Waals surface area contributed by atoms with Crippen LogP contribution in [-0.4, -0.2) is 11.1 Å². The van der Waals surface area contributed by atoms with Gasteiger partial charge in [-0.2, -0.15) is 0 Å². The van der Waals surface area contributed by atoms with Gasteiger partial charge in [-0.05, 0) is 12.3 Å². The molecule has 0 aliphatic heterocycles. The Labute approximate surface area is 68.6 Å². The molecule has 11 heavy (non-hydrogen) atoms. The van der Waals surface area contributed by atoms with E-state index in [2.05, 4.69) is 13.8 Å². The lowest BCUT2D eigenvalue weighted by atomic mass is 10.0. The Morgan fingerprint density at radius 2 is 1.91 bits per heavy atom. The fourth-order valence-electron chi connectivity index (χ4n) is 1.01. The van der Waals surface area contributed by atoms with Gasteiger partial charge in [-0.3, -0.25) is 4.79 Å². The number of unbranched alkanes of at least 4 members (excludes halogenated alkanes) is 2. The maximum absolute atomic E-state index is 10.1. The SMILES string of the molecule is CC(C)CCCCCC(=O)O. The van der Waals surface area contributed by atoms with Gasteiger partial charge in [-0.25, -0.2) is 0 Å². The summed E-state index contributed by atoms with van der Waals surface area (Å²) in [7, 11) is 0. The van der Waals surface area contributed by atoms with Crippen molar-refractivity contribution in [1.82, 2.24) is 0 Å². The van der Waals surface area contributed by atoms with Gasteiger partial charge in [-0.1, -0.05) is 33.1 Å². The van der Waals surface area contributed by atoms with E-state index >= 15 is 0 Å². The second-order valence-corrected chi connectivity index (χ2v) is 3.39.